The van der Waals surface area contributed by atoms with Gasteiger partial charge in [0.15, 0.2) is 0 Å². The summed E-state index contributed by atoms with van der Waals surface area (Å²) >= 11 is 0. The molecular formula is C8H20. The van der Waals surface area contributed by atoms with E-state index in [1.54, 1.807) is 0 Å². The first-order valence-corrected chi connectivity index (χ1v) is 3.55. The van der Waals surface area contributed by atoms with Gasteiger partial charge in [-0.15, -0.1) is 0 Å². The van der Waals surface area contributed by atoms with Gasteiger partial charge >= 0.3 is 0 Å². The molecule has 0 aromatic heterocycles. The van der Waals surface area contributed by atoms with Crippen LogP contribution in [0.15, 0.2) is 0 Å². The van der Waals surface area contributed by atoms with Crippen LogP contribution < -0.4 is 0 Å². The minimum atomic E-state index is 0. The predicted octanol–water partition coefficient (Wildman–Crippen LogP) is 3.18. The Morgan fingerprint density at radius 1 is 0.750 bits per heavy atom. The molecule has 52 valence electrons. The Balaban J connectivity index is 0. The molecule has 0 atom stereocenters. The van der Waals surface area contributed by atoms with E-state index in [4.69, 9.17) is 0 Å². The zero-order chi connectivity index (χ0) is 6.73. The second kappa shape index (κ2) is 3.11. The highest BCUT2D eigenvalue weighted by molar-refractivity contribution is 4.59. The third-order valence-corrected chi connectivity index (χ3v) is 2.10. The largest absolute Gasteiger partial charge is 0.0625 e. The Hall–Kier alpha value is 0. The van der Waals surface area contributed by atoms with Crippen molar-refractivity contribution in [2.45, 2.75) is 34.6 Å². The van der Waals surface area contributed by atoms with E-state index in [-0.39, 0.29) is 1.43 Å². The van der Waals surface area contributed by atoms with Crippen LogP contribution >= 0.6 is 0 Å². The molecule has 0 amide bonds. The predicted molar refractivity (Wildman–Crippen MR) is 41.0 cm³/mol. The lowest BCUT2D eigenvalue weighted by atomic mass is 9.88. The first-order valence-electron chi connectivity index (χ1n) is 3.55. The van der Waals surface area contributed by atoms with E-state index in [2.05, 4.69) is 34.6 Å². The molecule has 0 radical (unpaired) electrons. The van der Waals surface area contributed by atoms with E-state index in [0.29, 0.717) is 0 Å². The minimum absolute atomic E-state index is 0. The highest BCUT2D eigenvalue weighted by Gasteiger charge is 2.09. The SMILES string of the molecule is CC(C)C(C)C(C)C.[HH]. The second-order valence-corrected chi connectivity index (χ2v) is 3.35. The number of hydrogen-bond donors (Lipinski definition) is 0. The average molecular weight is 116 g/mol. The topological polar surface area (TPSA) is 0 Å². The zero-order valence-electron chi connectivity index (χ0n) is 6.73. The molecule has 0 rings (SSSR count). The summed E-state index contributed by atoms with van der Waals surface area (Å²) in [5.41, 5.74) is 0. The molecule has 0 aliphatic carbocycles. The smallest absolute Gasteiger partial charge is 0 e. The van der Waals surface area contributed by atoms with E-state index in [1.807, 2.05) is 0 Å². The molecule has 0 bridgehead atoms. The van der Waals surface area contributed by atoms with Crippen LogP contribution in [-0.4, -0.2) is 0 Å². The lowest BCUT2D eigenvalue weighted by molar-refractivity contribution is 0.316. The molecule has 0 aromatic carbocycles. The van der Waals surface area contributed by atoms with Crippen molar-refractivity contribution in [3.05, 3.63) is 0 Å². The molecule has 0 aliphatic rings. The summed E-state index contributed by atoms with van der Waals surface area (Å²) in [6.07, 6.45) is 0. The molecule has 0 nitrogen and oxygen atoms in total. The maximum Gasteiger partial charge on any atom is 0 e. The van der Waals surface area contributed by atoms with Crippen LogP contribution in [-0.2, 0) is 0 Å². The van der Waals surface area contributed by atoms with Gasteiger partial charge in [-0.05, 0) is 17.8 Å². The van der Waals surface area contributed by atoms with Crippen LogP contribution in [0.4, 0.5) is 0 Å². The molecule has 8 heavy (non-hydrogen) atoms. The summed E-state index contributed by atoms with van der Waals surface area (Å²) in [5, 5.41) is 0. The summed E-state index contributed by atoms with van der Waals surface area (Å²) in [6.45, 7) is 11.4. The maximum atomic E-state index is 2.31. The molecule has 0 aromatic rings. The lowest BCUT2D eigenvalue weighted by Gasteiger charge is -2.18. The van der Waals surface area contributed by atoms with Gasteiger partial charge in [-0.1, -0.05) is 34.6 Å². The molecule has 0 heteroatoms. The zero-order valence-corrected chi connectivity index (χ0v) is 6.73. The Morgan fingerprint density at radius 3 is 1.00 bits per heavy atom. The van der Waals surface area contributed by atoms with E-state index in [9.17, 15) is 0 Å². The molecule has 0 unspecified atom stereocenters. The Bertz CT molecular complexity index is 49.6. The van der Waals surface area contributed by atoms with Gasteiger partial charge in [0.2, 0.25) is 0 Å². The summed E-state index contributed by atoms with van der Waals surface area (Å²) in [7, 11) is 0. The molecule has 0 heterocycles. The van der Waals surface area contributed by atoms with Crippen molar-refractivity contribution >= 4 is 0 Å². The van der Waals surface area contributed by atoms with Crippen molar-refractivity contribution in [3.63, 3.8) is 0 Å². The highest BCUT2D eigenvalue weighted by Crippen LogP contribution is 2.18. The van der Waals surface area contributed by atoms with Crippen molar-refractivity contribution in [1.29, 1.82) is 0 Å². The third-order valence-electron chi connectivity index (χ3n) is 2.10. The average Bonchev–Trinajstić information content (AvgIpc) is 1.64. The van der Waals surface area contributed by atoms with Crippen LogP contribution in [0.3, 0.4) is 0 Å². The molecule has 0 aliphatic heterocycles. The Labute approximate surface area is 54.8 Å². The van der Waals surface area contributed by atoms with Gasteiger partial charge in [0.1, 0.15) is 0 Å². The van der Waals surface area contributed by atoms with Crippen LogP contribution in [0.5, 0.6) is 0 Å². The summed E-state index contributed by atoms with van der Waals surface area (Å²) in [6, 6.07) is 0. The van der Waals surface area contributed by atoms with Gasteiger partial charge < -0.3 is 0 Å². The van der Waals surface area contributed by atoms with Crippen molar-refractivity contribution < 1.29 is 1.43 Å². The fourth-order valence-corrected chi connectivity index (χ4v) is 0.770. The van der Waals surface area contributed by atoms with Gasteiger partial charge in [0.25, 0.3) is 0 Å². The minimum Gasteiger partial charge on any atom is -0.0625 e. The van der Waals surface area contributed by atoms with E-state index in [1.165, 1.54) is 0 Å². The number of rotatable bonds is 2. The first-order chi connectivity index (χ1) is 3.55. The molecule has 0 N–H and O–H groups in total. The Kier molecular flexibility index (Phi) is 3.11. The summed E-state index contributed by atoms with van der Waals surface area (Å²) < 4.78 is 0. The van der Waals surface area contributed by atoms with Crippen LogP contribution in [0.2, 0.25) is 0 Å². The van der Waals surface area contributed by atoms with Gasteiger partial charge in [-0.3, -0.25) is 0 Å². The standard InChI is InChI=1S/C8H18.H2/c1-6(2)8(5)7(3)4;/h6-8H,1-5H3;1H. The van der Waals surface area contributed by atoms with Gasteiger partial charge in [0, 0.05) is 1.43 Å². The van der Waals surface area contributed by atoms with Crippen molar-refractivity contribution in [2.24, 2.45) is 17.8 Å². The summed E-state index contributed by atoms with van der Waals surface area (Å²) in [4.78, 5) is 0. The van der Waals surface area contributed by atoms with Crippen LogP contribution in [0.1, 0.15) is 36.0 Å². The van der Waals surface area contributed by atoms with Crippen molar-refractivity contribution in [2.75, 3.05) is 0 Å². The van der Waals surface area contributed by atoms with Gasteiger partial charge in [-0.2, -0.15) is 0 Å². The van der Waals surface area contributed by atoms with E-state index in [0.717, 1.165) is 17.8 Å². The fraction of sp³-hybridized carbons (Fsp3) is 1.00. The molecule has 0 saturated carbocycles. The van der Waals surface area contributed by atoms with Crippen LogP contribution in [0.25, 0.3) is 0 Å². The normalized spacial score (nSPS) is 12.0. The van der Waals surface area contributed by atoms with E-state index >= 15 is 0 Å². The quantitative estimate of drug-likeness (QED) is 0.520. The second-order valence-electron chi connectivity index (χ2n) is 3.35. The summed E-state index contributed by atoms with van der Waals surface area (Å²) in [5.74, 6) is 2.56. The monoisotopic (exact) mass is 116 g/mol. The number of hydrogen-bond acceptors (Lipinski definition) is 0. The van der Waals surface area contributed by atoms with Gasteiger partial charge in [0.05, 0.1) is 0 Å². The maximum absolute atomic E-state index is 2.31. The van der Waals surface area contributed by atoms with E-state index < -0.39 is 0 Å². The molecule has 0 spiro atoms. The van der Waals surface area contributed by atoms with Crippen molar-refractivity contribution in [1.82, 2.24) is 0 Å². The first kappa shape index (κ1) is 8.00. The van der Waals surface area contributed by atoms with Gasteiger partial charge in [-0.25, -0.2) is 0 Å². The molecular weight excluding hydrogens is 96.1 g/mol. The van der Waals surface area contributed by atoms with Crippen molar-refractivity contribution in [3.8, 4) is 0 Å². The fourth-order valence-electron chi connectivity index (χ4n) is 0.770. The molecule has 0 saturated heterocycles. The third kappa shape index (κ3) is 2.34. The van der Waals surface area contributed by atoms with Crippen LogP contribution in [0, 0.1) is 17.8 Å². The highest BCUT2D eigenvalue weighted by atomic mass is 14.2. The Morgan fingerprint density at radius 2 is 1.00 bits per heavy atom. The lowest BCUT2D eigenvalue weighted by Crippen LogP contribution is -2.10. The molecule has 0 fully saturated rings.